The van der Waals surface area contributed by atoms with Gasteiger partial charge in [-0.2, -0.15) is 0 Å². The van der Waals surface area contributed by atoms with Crippen LogP contribution in [0, 0.1) is 22.6 Å². The summed E-state index contributed by atoms with van der Waals surface area (Å²) in [6.07, 6.45) is 0. The summed E-state index contributed by atoms with van der Waals surface area (Å²) < 4.78 is 12.1. The molecular weight excluding hydrogens is 380 g/mol. The van der Waals surface area contributed by atoms with E-state index in [9.17, 15) is 0 Å². The number of rotatable bonds is 3. The van der Waals surface area contributed by atoms with Crippen LogP contribution in [0.25, 0.3) is 10.8 Å². The van der Waals surface area contributed by atoms with Crippen LogP contribution >= 0.6 is 0 Å². The topological polar surface area (TPSA) is 18.5 Å². The van der Waals surface area contributed by atoms with Gasteiger partial charge in [0.25, 0.3) is 16.6 Å². The monoisotopic (exact) mass is 410 g/mol. The second-order valence-electron chi connectivity index (χ2n) is 8.74. The van der Waals surface area contributed by atoms with Crippen molar-refractivity contribution in [3.05, 3.63) is 42.0 Å². The van der Waals surface area contributed by atoms with E-state index in [2.05, 4.69) is 86.6 Å². The molecule has 2 aromatic rings. The lowest BCUT2D eigenvalue weighted by Gasteiger charge is -2.26. The third kappa shape index (κ3) is 6.41. The highest BCUT2D eigenvalue weighted by Gasteiger charge is 2.31. The van der Waals surface area contributed by atoms with E-state index in [0.29, 0.717) is 0 Å². The van der Waals surface area contributed by atoms with E-state index in [1.54, 1.807) is 7.11 Å². The van der Waals surface area contributed by atoms with E-state index >= 15 is 0 Å². The molecule has 0 saturated heterocycles. The fraction of sp³-hybridized carbons (Fsp3) is 0.364. The molecule has 0 aromatic heterocycles. The zero-order valence-corrected chi connectivity index (χ0v) is 20.8. The Kier molecular flexibility index (Phi) is 6.44. The van der Waals surface area contributed by atoms with Crippen molar-refractivity contribution in [3.8, 4) is 28.3 Å². The molecule has 0 radical (unpaired) electrons. The quantitative estimate of drug-likeness (QED) is 0.485. The second-order valence-corrected chi connectivity index (χ2v) is 20.8. The molecule has 0 spiro atoms. The molecule has 0 bridgehead atoms. The summed E-state index contributed by atoms with van der Waals surface area (Å²) in [4.78, 5) is 0. The van der Waals surface area contributed by atoms with Crippen molar-refractivity contribution in [1.29, 1.82) is 0 Å². The van der Waals surface area contributed by atoms with Crippen LogP contribution in [-0.4, -0.2) is 31.8 Å². The molecular formula is C22H30O2Si3. The van der Waals surface area contributed by atoms with Crippen molar-refractivity contribution in [1.82, 2.24) is 0 Å². The number of hydrogen-bond donors (Lipinski definition) is 0. The first kappa shape index (κ1) is 21.5. The van der Waals surface area contributed by atoms with E-state index in [1.807, 2.05) is 18.2 Å². The molecule has 5 heteroatoms. The van der Waals surface area contributed by atoms with Crippen LogP contribution in [0.2, 0.25) is 45.8 Å². The van der Waals surface area contributed by atoms with Crippen molar-refractivity contribution < 1.29 is 8.85 Å². The molecule has 0 heterocycles. The van der Waals surface area contributed by atoms with Crippen LogP contribution in [-0.2, 0) is 4.12 Å². The summed E-state index contributed by atoms with van der Waals surface area (Å²) in [5.41, 5.74) is 11.4. The Hall–Kier alpha value is -1.77. The molecule has 0 fully saturated rings. The maximum atomic E-state index is 6.54. The SMILES string of the molecule is COc1ccc2ccccc2c1C#C[Si](C)(C)O[Si](C)(C)C#C[Si](C)(C)C. The molecule has 2 aromatic carbocycles. The van der Waals surface area contributed by atoms with Gasteiger partial charge in [0, 0.05) is 5.39 Å². The predicted molar refractivity (Wildman–Crippen MR) is 125 cm³/mol. The van der Waals surface area contributed by atoms with E-state index in [1.165, 1.54) is 5.39 Å². The molecule has 2 nitrogen and oxygen atoms in total. The van der Waals surface area contributed by atoms with E-state index in [-0.39, 0.29) is 0 Å². The van der Waals surface area contributed by atoms with E-state index in [4.69, 9.17) is 8.85 Å². The minimum absolute atomic E-state index is 0.807. The first-order valence-electron chi connectivity index (χ1n) is 9.26. The number of benzene rings is 2. The fourth-order valence-corrected chi connectivity index (χ4v) is 11.4. The zero-order chi connectivity index (χ0) is 20.3. The van der Waals surface area contributed by atoms with Crippen LogP contribution < -0.4 is 4.74 Å². The summed E-state index contributed by atoms with van der Waals surface area (Å²) in [7, 11) is -3.95. The first-order chi connectivity index (χ1) is 12.4. The van der Waals surface area contributed by atoms with Crippen LogP contribution in [0.5, 0.6) is 5.75 Å². The van der Waals surface area contributed by atoms with Crippen LogP contribution in [0.15, 0.2) is 36.4 Å². The fourth-order valence-electron chi connectivity index (χ4n) is 2.79. The maximum Gasteiger partial charge on any atom is 0.256 e. The molecule has 0 unspecified atom stereocenters. The van der Waals surface area contributed by atoms with Gasteiger partial charge in [0.15, 0.2) is 0 Å². The largest absolute Gasteiger partial charge is 0.495 e. The Morgan fingerprint density at radius 1 is 0.741 bits per heavy atom. The lowest BCUT2D eigenvalue weighted by molar-refractivity contribution is 0.414. The van der Waals surface area contributed by atoms with Crippen molar-refractivity contribution in [2.24, 2.45) is 0 Å². The van der Waals surface area contributed by atoms with Gasteiger partial charge in [-0.1, -0.05) is 61.4 Å². The molecule has 0 N–H and O–H groups in total. The zero-order valence-electron chi connectivity index (χ0n) is 17.8. The molecule has 2 rings (SSSR count). The molecule has 142 valence electrons. The molecule has 0 amide bonds. The molecule has 0 aliphatic rings. The van der Waals surface area contributed by atoms with Gasteiger partial charge < -0.3 is 8.85 Å². The normalized spacial score (nSPS) is 12.0. The lowest BCUT2D eigenvalue weighted by atomic mass is 10.0. The molecule has 0 saturated carbocycles. The minimum atomic E-state index is -2.18. The Morgan fingerprint density at radius 3 is 2.00 bits per heavy atom. The van der Waals surface area contributed by atoms with Crippen molar-refractivity contribution in [2.75, 3.05) is 7.11 Å². The average Bonchev–Trinajstić information content (AvgIpc) is 2.56. The smallest absolute Gasteiger partial charge is 0.256 e. The average molecular weight is 411 g/mol. The number of ether oxygens (including phenoxy) is 1. The highest BCUT2D eigenvalue weighted by molar-refractivity contribution is 6.93. The van der Waals surface area contributed by atoms with Crippen molar-refractivity contribution >= 4 is 35.5 Å². The highest BCUT2D eigenvalue weighted by atomic mass is 28.4. The van der Waals surface area contributed by atoms with Crippen molar-refractivity contribution in [3.63, 3.8) is 0 Å². The second kappa shape index (κ2) is 8.08. The van der Waals surface area contributed by atoms with Gasteiger partial charge in [0.05, 0.1) is 12.7 Å². The standard InChI is InChI=1S/C22H30O2Si3/c1-23-22-14-13-19-11-9-10-12-20(19)21(22)15-16-26(5,6)24-27(7,8)18-17-25(2,3)4/h9-14H,1-8H3. The minimum Gasteiger partial charge on any atom is -0.495 e. The summed E-state index contributed by atoms with van der Waals surface area (Å²) in [5.74, 6) is 4.19. The number of fused-ring (bicyclic) bond motifs is 1. The number of hydrogen-bond acceptors (Lipinski definition) is 2. The van der Waals surface area contributed by atoms with Crippen molar-refractivity contribution in [2.45, 2.75) is 45.8 Å². The highest BCUT2D eigenvalue weighted by Crippen LogP contribution is 2.27. The Balaban J connectivity index is 2.38. The Morgan fingerprint density at radius 2 is 1.37 bits per heavy atom. The third-order valence-electron chi connectivity index (χ3n) is 3.85. The van der Waals surface area contributed by atoms with Gasteiger partial charge in [0.2, 0.25) is 0 Å². The van der Waals surface area contributed by atoms with Crippen LogP contribution in [0.3, 0.4) is 0 Å². The maximum absolute atomic E-state index is 6.54. The van der Waals surface area contributed by atoms with E-state index in [0.717, 1.165) is 16.7 Å². The summed E-state index contributed by atoms with van der Waals surface area (Å²) in [6, 6.07) is 12.3. The van der Waals surface area contributed by atoms with Gasteiger partial charge >= 0.3 is 0 Å². The van der Waals surface area contributed by atoms with Gasteiger partial charge in [0.1, 0.15) is 13.8 Å². The summed E-state index contributed by atoms with van der Waals surface area (Å²) in [6.45, 7) is 15.5. The molecule has 0 aliphatic heterocycles. The molecule has 0 atom stereocenters. The van der Waals surface area contributed by atoms with Crippen LogP contribution in [0.4, 0.5) is 0 Å². The first-order valence-corrected chi connectivity index (χ1v) is 18.6. The predicted octanol–water partition coefficient (Wildman–Crippen LogP) is 5.59. The molecule has 27 heavy (non-hydrogen) atoms. The Bertz CT molecular complexity index is 949. The lowest BCUT2D eigenvalue weighted by Crippen LogP contribution is -2.43. The molecule has 0 aliphatic carbocycles. The summed E-state index contributed by atoms with van der Waals surface area (Å²) >= 11 is 0. The van der Waals surface area contributed by atoms with E-state index < -0.39 is 24.7 Å². The third-order valence-corrected chi connectivity index (χ3v) is 10.5. The number of methoxy groups -OCH3 is 1. The van der Waals surface area contributed by atoms with Gasteiger partial charge in [-0.15, -0.1) is 11.1 Å². The van der Waals surface area contributed by atoms with Gasteiger partial charge in [-0.05, 0) is 37.6 Å². The summed E-state index contributed by atoms with van der Waals surface area (Å²) in [5, 5.41) is 2.28. The van der Waals surface area contributed by atoms with Gasteiger partial charge in [-0.25, -0.2) is 0 Å². The van der Waals surface area contributed by atoms with Crippen LogP contribution in [0.1, 0.15) is 5.56 Å². The Labute approximate surface area is 167 Å². The van der Waals surface area contributed by atoms with Gasteiger partial charge in [-0.3, -0.25) is 0 Å².